The van der Waals surface area contributed by atoms with Gasteiger partial charge in [0.05, 0.1) is 12.2 Å². The van der Waals surface area contributed by atoms with Crippen LogP contribution in [-0.4, -0.2) is 23.8 Å². The first-order valence-corrected chi connectivity index (χ1v) is 6.31. The molecule has 0 aliphatic rings. The molecule has 0 aliphatic carbocycles. The minimum atomic E-state index is -1.02. The van der Waals surface area contributed by atoms with Crippen LogP contribution in [0, 0.1) is 0 Å². The molecule has 5 nitrogen and oxygen atoms in total. The van der Waals surface area contributed by atoms with Gasteiger partial charge in [0.15, 0.2) is 0 Å². The van der Waals surface area contributed by atoms with Crippen LogP contribution in [-0.2, 0) is 4.74 Å². The molecular weight excluding hydrogens is 248 g/mol. The zero-order valence-corrected chi connectivity index (χ0v) is 10.9. The largest absolute Gasteiger partial charge is 0.513 e. The maximum absolute atomic E-state index is 11.3. The van der Waals surface area contributed by atoms with Gasteiger partial charge in [0.1, 0.15) is 5.75 Å². The summed E-state index contributed by atoms with van der Waals surface area (Å²) in [6.07, 6.45) is 3.33. The predicted molar refractivity (Wildman–Crippen MR) is 69.5 cm³/mol. The summed E-state index contributed by atoms with van der Waals surface area (Å²) in [5.41, 5.74) is 0.139. The Morgan fingerprint density at radius 1 is 1.11 bits per heavy atom. The number of carboxylic acids is 1. The van der Waals surface area contributed by atoms with E-state index in [9.17, 15) is 9.59 Å². The highest BCUT2D eigenvalue weighted by molar-refractivity contribution is 5.87. The minimum absolute atomic E-state index is 0.139. The Hall–Kier alpha value is -2.04. The molecule has 0 aliphatic heterocycles. The monoisotopic (exact) mass is 266 g/mol. The molecule has 0 bridgehead atoms. The van der Waals surface area contributed by atoms with Crippen LogP contribution in [0.2, 0.25) is 0 Å². The molecule has 19 heavy (non-hydrogen) atoms. The van der Waals surface area contributed by atoms with E-state index in [1.165, 1.54) is 24.3 Å². The quantitative estimate of drug-likeness (QED) is 0.464. The second kappa shape index (κ2) is 8.13. The number of hydrogen-bond donors (Lipinski definition) is 1. The first-order chi connectivity index (χ1) is 9.13. The summed E-state index contributed by atoms with van der Waals surface area (Å²) in [5, 5.41) is 8.71. The molecule has 1 aromatic carbocycles. The number of aromatic carboxylic acids is 1. The number of ether oxygens (including phenoxy) is 2. The van der Waals surface area contributed by atoms with Crippen LogP contribution < -0.4 is 4.74 Å². The van der Waals surface area contributed by atoms with E-state index in [2.05, 4.69) is 6.92 Å². The van der Waals surface area contributed by atoms with Gasteiger partial charge in [0.2, 0.25) is 0 Å². The van der Waals surface area contributed by atoms with Gasteiger partial charge in [-0.05, 0) is 30.7 Å². The van der Waals surface area contributed by atoms with Crippen molar-refractivity contribution in [2.75, 3.05) is 6.61 Å². The van der Waals surface area contributed by atoms with Crippen LogP contribution in [0.1, 0.15) is 43.0 Å². The molecule has 0 fully saturated rings. The smallest absolute Gasteiger partial charge is 0.478 e. The topological polar surface area (TPSA) is 72.8 Å². The molecule has 0 heterocycles. The summed E-state index contributed by atoms with van der Waals surface area (Å²) in [5.74, 6) is -0.756. The maximum Gasteiger partial charge on any atom is 0.513 e. The standard InChI is InChI=1S/C14H18O5/c1-2-3-4-5-10-18-14(17)19-12-8-6-11(7-9-12)13(15)16/h6-9H,2-5,10H2,1H3,(H,15,16). The van der Waals surface area contributed by atoms with Crippen LogP contribution in [0.5, 0.6) is 5.75 Å². The number of carbonyl (C=O) groups is 2. The van der Waals surface area contributed by atoms with Gasteiger partial charge >= 0.3 is 12.1 Å². The van der Waals surface area contributed by atoms with Crippen molar-refractivity contribution in [1.29, 1.82) is 0 Å². The number of benzene rings is 1. The van der Waals surface area contributed by atoms with Gasteiger partial charge in [0.25, 0.3) is 0 Å². The molecule has 0 aromatic heterocycles. The van der Waals surface area contributed by atoms with Gasteiger partial charge in [-0.2, -0.15) is 0 Å². The molecule has 0 radical (unpaired) electrons. The third-order valence-corrected chi connectivity index (χ3v) is 2.52. The summed E-state index contributed by atoms with van der Waals surface area (Å²) in [7, 11) is 0. The van der Waals surface area contributed by atoms with Crippen molar-refractivity contribution in [3.8, 4) is 5.75 Å². The van der Waals surface area contributed by atoms with E-state index in [1.807, 2.05) is 0 Å². The number of carbonyl (C=O) groups excluding carboxylic acids is 1. The highest BCUT2D eigenvalue weighted by Crippen LogP contribution is 2.13. The molecule has 1 aromatic rings. The molecule has 0 unspecified atom stereocenters. The van der Waals surface area contributed by atoms with Gasteiger partial charge in [-0.3, -0.25) is 0 Å². The van der Waals surface area contributed by atoms with Crippen LogP contribution in [0.25, 0.3) is 0 Å². The third-order valence-electron chi connectivity index (χ3n) is 2.52. The molecule has 1 N–H and O–H groups in total. The van der Waals surface area contributed by atoms with Gasteiger partial charge in [-0.15, -0.1) is 0 Å². The number of hydrogen-bond acceptors (Lipinski definition) is 4. The Kier molecular flexibility index (Phi) is 6.43. The van der Waals surface area contributed by atoms with Crippen LogP contribution in [0.4, 0.5) is 4.79 Å². The van der Waals surface area contributed by atoms with E-state index in [0.29, 0.717) is 6.61 Å². The van der Waals surface area contributed by atoms with E-state index < -0.39 is 12.1 Å². The predicted octanol–water partition coefficient (Wildman–Crippen LogP) is 3.48. The highest BCUT2D eigenvalue weighted by atomic mass is 16.7. The van der Waals surface area contributed by atoms with Crippen molar-refractivity contribution >= 4 is 12.1 Å². The zero-order valence-electron chi connectivity index (χ0n) is 10.9. The molecule has 104 valence electrons. The van der Waals surface area contributed by atoms with Crippen molar-refractivity contribution in [2.24, 2.45) is 0 Å². The van der Waals surface area contributed by atoms with Gasteiger partial charge in [0, 0.05) is 0 Å². The lowest BCUT2D eigenvalue weighted by atomic mass is 10.2. The second-order valence-corrected chi connectivity index (χ2v) is 4.09. The van der Waals surface area contributed by atoms with Crippen LogP contribution in [0.3, 0.4) is 0 Å². The van der Waals surface area contributed by atoms with Gasteiger partial charge in [-0.25, -0.2) is 9.59 Å². The summed E-state index contributed by atoms with van der Waals surface area (Å²) in [6, 6.07) is 5.57. The van der Waals surface area contributed by atoms with E-state index in [0.717, 1.165) is 25.7 Å². The van der Waals surface area contributed by atoms with Crippen LogP contribution in [0.15, 0.2) is 24.3 Å². The van der Waals surface area contributed by atoms with Crippen LogP contribution >= 0.6 is 0 Å². The Balaban J connectivity index is 2.30. The van der Waals surface area contributed by atoms with Crippen molar-refractivity contribution in [3.05, 3.63) is 29.8 Å². The first-order valence-electron chi connectivity index (χ1n) is 6.31. The molecule has 1 rings (SSSR count). The van der Waals surface area contributed by atoms with Gasteiger partial charge in [-0.1, -0.05) is 26.2 Å². The maximum atomic E-state index is 11.3. The number of unbranched alkanes of at least 4 members (excludes halogenated alkanes) is 3. The van der Waals surface area contributed by atoms with E-state index >= 15 is 0 Å². The van der Waals surface area contributed by atoms with Gasteiger partial charge < -0.3 is 14.6 Å². The Labute approximate surface area is 112 Å². The fourth-order valence-corrected chi connectivity index (χ4v) is 1.48. The molecule has 0 amide bonds. The third kappa shape index (κ3) is 5.90. The van der Waals surface area contributed by atoms with Crippen molar-refractivity contribution in [3.63, 3.8) is 0 Å². The fourth-order valence-electron chi connectivity index (χ4n) is 1.48. The Bertz CT molecular complexity index is 410. The minimum Gasteiger partial charge on any atom is -0.478 e. The van der Waals surface area contributed by atoms with Crippen molar-refractivity contribution in [2.45, 2.75) is 32.6 Å². The summed E-state index contributed by atoms with van der Waals surface area (Å²) in [4.78, 5) is 21.9. The Morgan fingerprint density at radius 3 is 2.37 bits per heavy atom. The highest BCUT2D eigenvalue weighted by Gasteiger charge is 2.07. The summed E-state index contributed by atoms with van der Waals surface area (Å²) in [6.45, 7) is 2.45. The SMILES string of the molecule is CCCCCCOC(=O)Oc1ccc(C(=O)O)cc1. The fraction of sp³-hybridized carbons (Fsp3) is 0.429. The lowest BCUT2D eigenvalue weighted by Gasteiger charge is -2.05. The Morgan fingerprint density at radius 2 is 1.79 bits per heavy atom. The number of rotatable bonds is 7. The molecule has 0 saturated carbocycles. The average molecular weight is 266 g/mol. The second-order valence-electron chi connectivity index (χ2n) is 4.09. The number of carboxylic acid groups (broad SMARTS) is 1. The molecule has 5 heteroatoms. The average Bonchev–Trinajstić information content (AvgIpc) is 2.39. The van der Waals surface area contributed by atoms with Crippen molar-refractivity contribution < 1.29 is 24.2 Å². The summed E-state index contributed by atoms with van der Waals surface area (Å²) < 4.78 is 9.79. The first kappa shape index (κ1) is 15.0. The zero-order chi connectivity index (χ0) is 14.1. The van der Waals surface area contributed by atoms with E-state index in [4.69, 9.17) is 14.6 Å². The van der Waals surface area contributed by atoms with Crippen molar-refractivity contribution in [1.82, 2.24) is 0 Å². The normalized spacial score (nSPS) is 9.95. The van der Waals surface area contributed by atoms with E-state index in [1.54, 1.807) is 0 Å². The molecule has 0 saturated heterocycles. The lowest BCUT2D eigenvalue weighted by molar-refractivity contribution is 0.0697. The summed E-state index contributed by atoms with van der Waals surface area (Å²) >= 11 is 0. The molecule has 0 spiro atoms. The molecular formula is C14H18O5. The lowest BCUT2D eigenvalue weighted by Crippen LogP contribution is -2.11. The van der Waals surface area contributed by atoms with E-state index in [-0.39, 0.29) is 11.3 Å². The molecule has 0 atom stereocenters.